The van der Waals surface area contributed by atoms with Gasteiger partial charge in [-0.25, -0.2) is 0 Å². The fraction of sp³-hybridized carbons (Fsp3) is 0.333. The zero-order valence-electron chi connectivity index (χ0n) is 8.65. The van der Waals surface area contributed by atoms with Crippen molar-refractivity contribution in [2.45, 2.75) is 19.9 Å². The van der Waals surface area contributed by atoms with Crippen molar-refractivity contribution in [3.63, 3.8) is 0 Å². The van der Waals surface area contributed by atoms with Crippen LogP contribution in [0.25, 0.3) is 0 Å². The zero-order chi connectivity index (χ0) is 11.4. The quantitative estimate of drug-likeness (QED) is 0.399. The number of anilines is 2. The summed E-state index contributed by atoms with van der Waals surface area (Å²) in [5.41, 5.74) is 3.04. The molecule has 0 fully saturated rings. The standard InChI is InChI=1S/C9H14N4O2/c1-6(2)11-7-4-3-5-8(12-10)9(7)13(14)15/h3-6,11-12H,10H2,1-2H3. The van der Waals surface area contributed by atoms with Gasteiger partial charge in [-0.1, -0.05) is 6.07 Å². The minimum absolute atomic E-state index is 0.0336. The highest BCUT2D eigenvalue weighted by atomic mass is 16.6. The molecule has 0 amide bonds. The van der Waals surface area contributed by atoms with E-state index in [0.717, 1.165) is 0 Å². The Labute approximate surface area is 87.6 Å². The Hall–Kier alpha value is -1.82. The largest absolute Gasteiger partial charge is 0.377 e. The topological polar surface area (TPSA) is 93.2 Å². The van der Waals surface area contributed by atoms with Crippen molar-refractivity contribution in [2.24, 2.45) is 5.84 Å². The number of rotatable bonds is 4. The molecule has 1 rings (SSSR count). The van der Waals surface area contributed by atoms with E-state index in [1.807, 2.05) is 13.8 Å². The van der Waals surface area contributed by atoms with E-state index in [1.165, 1.54) is 0 Å². The van der Waals surface area contributed by atoms with Crippen LogP contribution in [-0.2, 0) is 0 Å². The van der Waals surface area contributed by atoms with Crippen molar-refractivity contribution < 1.29 is 4.92 Å². The van der Waals surface area contributed by atoms with Crippen LogP contribution in [-0.4, -0.2) is 11.0 Å². The third kappa shape index (κ3) is 2.57. The summed E-state index contributed by atoms with van der Waals surface area (Å²) in [6, 6.07) is 5.03. The van der Waals surface area contributed by atoms with Gasteiger partial charge in [0.2, 0.25) is 0 Å². The van der Waals surface area contributed by atoms with Crippen LogP contribution in [0.1, 0.15) is 13.8 Å². The maximum Gasteiger partial charge on any atom is 0.316 e. The van der Waals surface area contributed by atoms with Gasteiger partial charge in [0.05, 0.1) is 4.92 Å². The van der Waals surface area contributed by atoms with Gasteiger partial charge in [-0.3, -0.25) is 16.0 Å². The van der Waals surface area contributed by atoms with E-state index in [4.69, 9.17) is 5.84 Å². The smallest absolute Gasteiger partial charge is 0.316 e. The molecule has 0 aliphatic carbocycles. The van der Waals surface area contributed by atoms with Crippen molar-refractivity contribution >= 4 is 17.1 Å². The average molecular weight is 210 g/mol. The van der Waals surface area contributed by atoms with E-state index >= 15 is 0 Å². The summed E-state index contributed by atoms with van der Waals surface area (Å²) in [5.74, 6) is 5.21. The van der Waals surface area contributed by atoms with E-state index in [0.29, 0.717) is 11.4 Å². The molecule has 0 heterocycles. The van der Waals surface area contributed by atoms with Gasteiger partial charge in [0.1, 0.15) is 11.4 Å². The summed E-state index contributed by atoms with van der Waals surface area (Å²) >= 11 is 0. The molecule has 0 bridgehead atoms. The van der Waals surface area contributed by atoms with Gasteiger partial charge >= 0.3 is 5.69 Å². The molecule has 0 radical (unpaired) electrons. The number of nitrogens with zero attached hydrogens (tertiary/aromatic N) is 1. The molecule has 1 aromatic carbocycles. The first-order valence-electron chi connectivity index (χ1n) is 4.56. The molecule has 6 heteroatoms. The molecule has 0 aliphatic heterocycles. The lowest BCUT2D eigenvalue weighted by Gasteiger charge is -2.11. The number of para-hydroxylation sites is 1. The summed E-state index contributed by atoms with van der Waals surface area (Å²) in [7, 11) is 0. The third-order valence-electron chi connectivity index (χ3n) is 1.82. The Kier molecular flexibility index (Phi) is 3.46. The number of benzene rings is 1. The summed E-state index contributed by atoms with van der Waals surface area (Å²) < 4.78 is 0. The van der Waals surface area contributed by atoms with Crippen LogP contribution in [0, 0.1) is 10.1 Å². The number of hydrazine groups is 1. The molecule has 0 unspecified atom stereocenters. The number of hydrogen-bond donors (Lipinski definition) is 3. The Bertz CT molecular complexity index is 365. The molecule has 0 atom stereocenters. The Morgan fingerprint density at radius 2 is 2.00 bits per heavy atom. The normalized spacial score (nSPS) is 10.1. The van der Waals surface area contributed by atoms with E-state index in [-0.39, 0.29) is 11.7 Å². The highest BCUT2D eigenvalue weighted by Crippen LogP contribution is 2.32. The molecule has 82 valence electrons. The molecule has 1 aromatic rings. The number of hydrogen-bond acceptors (Lipinski definition) is 5. The first kappa shape index (κ1) is 11.3. The molecule has 0 saturated heterocycles. The minimum Gasteiger partial charge on any atom is -0.377 e. The molecule has 0 spiro atoms. The van der Waals surface area contributed by atoms with Crippen LogP contribution in [0.3, 0.4) is 0 Å². The maximum absolute atomic E-state index is 10.9. The van der Waals surface area contributed by atoms with Crippen LogP contribution in [0.5, 0.6) is 0 Å². The third-order valence-corrected chi connectivity index (χ3v) is 1.82. The van der Waals surface area contributed by atoms with Crippen LogP contribution < -0.4 is 16.6 Å². The molecule has 0 saturated carbocycles. The van der Waals surface area contributed by atoms with Gasteiger partial charge in [-0.05, 0) is 26.0 Å². The summed E-state index contributed by atoms with van der Waals surface area (Å²) in [5, 5.41) is 13.8. The maximum atomic E-state index is 10.9. The first-order chi connectivity index (χ1) is 7.06. The Morgan fingerprint density at radius 1 is 1.40 bits per heavy atom. The SMILES string of the molecule is CC(C)Nc1cccc(NN)c1[N+](=O)[O-]. The number of nitro groups is 1. The molecule has 0 aromatic heterocycles. The van der Waals surface area contributed by atoms with Gasteiger partial charge in [0.25, 0.3) is 0 Å². The number of nitrogen functional groups attached to an aromatic ring is 1. The van der Waals surface area contributed by atoms with Crippen LogP contribution in [0.15, 0.2) is 18.2 Å². The van der Waals surface area contributed by atoms with Crippen molar-refractivity contribution in [1.82, 2.24) is 0 Å². The van der Waals surface area contributed by atoms with Gasteiger partial charge in [-0.2, -0.15) is 0 Å². The van der Waals surface area contributed by atoms with Crippen molar-refractivity contribution in [3.8, 4) is 0 Å². The predicted octanol–water partition coefficient (Wildman–Crippen LogP) is 1.70. The lowest BCUT2D eigenvalue weighted by atomic mass is 10.2. The van der Waals surface area contributed by atoms with Crippen LogP contribution in [0.2, 0.25) is 0 Å². The average Bonchev–Trinajstić information content (AvgIpc) is 2.15. The Morgan fingerprint density at radius 3 is 2.47 bits per heavy atom. The van der Waals surface area contributed by atoms with Crippen LogP contribution >= 0.6 is 0 Å². The van der Waals surface area contributed by atoms with Crippen molar-refractivity contribution in [1.29, 1.82) is 0 Å². The zero-order valence-corrected chi connectivity index (χ0v) is 8.65. The second kappa shape index (κ2) is 4.61. The van der Waals surface area contributed by atoms with Crippen LogP contribution in [0.4, 0.5) is 17.1 Å². The minimum atomic E-state index is -0.458. The predicted molar refractivity (Wildman–Crippen MR) is 59.7 cm³/mol. The number of nitrogens with two attached hydrogens (primary N) is 1. The van der Waals surface area contributed by atoms with Gasteiger partial charge in [-0.15, -0.1) is 0 Å². The number of nitro benzene ring substituents is 1. The molecule has 15 heavy (non-hydrogen) atoms. The fourth-order valence-corrected chi connectivity index (χ4v) is 1.28. The van der Waals surface area contributed by atoms with Gasteiger partial charge < -0.3 is 10.7 Å². The molecule has 4 N–H and O–H groups in total. The monoisotopic (exact) mass is 210 g/mol. The highest BCUT2D eigenvalue weighted by molar-refractivity contribution is 5.75. The summed E-state index contributed by atoms with van der Waals surface area (Å²) in [4.78, 5) is 10.4. The second-order valence-corrected chi connectivity index (χ2v) is 3.40. The molecule has 0 aliphatic rings. The van der Waals surface area contributed by atoms with Crippen molar-refractivity contribution in [3.05, 3.63) is 28.3 Å². The molecule has 6 nitrogen and oxygen atoms in total. The molecular weight excluding hydrogens is 196 g/mol. The highest BCUT2D eigenvalue weighted by Gasteiger charge is 2.19. The summed E-state index contributed by atoms with van der Waals surface area (Å²) in [6.07, 6.45) is 0. The second-order valence-electron chi connectivity index (χ2n) is 3.40. The van der Waals surface area contributed by atoms with E-state index in [9.17, 15) is 10.1 Å². The van der Waals surface area contributed by atoms with Gasteiger partial charge in [0.15, 0.2) is 0 Å². The lowest BCUT2D eigenvalue weighted by Crippen LogP contribution is -2.14. The Balaban J connectivity index is 3.19. The van der Waals surface area contributed by atoms with E-state index < -0.39 is 4.92 Å². The molecular formula is C9H14N4O2. The number of nitrogens with one attached hydrogen (secondary N) is 2. The van der Waals surface area contributed by atoms with Gasteiger partial charge in [0, 0.05) is 6.04 Å². The van der Waals surface area contributed by atoms with E-state index in [1.54, 1.807) is 18.2 Å². The first-order valence-corrected chi connectivity index (χ1v) is 4.56. The lowest BCUT2D eigenvalue weighted by molar-refractivity contribution is -0.383. The summed E-state index contributed by atoms with van der Waals surface area (Å²) in [6.45, 7) is 3.82. The van der Waals surface area contributed by atoms with E-state index in [2.05, 4.69) is 10.7 Å². The fourth-order valence-electron chi connectivity index (χ4n) is 1.28. The van der Waals surface area contributed by atoms with Crippen molar-refractivity contribution in [2.75, 3.05) is 10.7 Å².